The van der Waals surface area contributed by atoms with Crippen LogP contribution in [0.15, 0.2) is 12.1 Å². The molecular weight excluding hydrogens is 278 g/mol. The molecule has 0 saturated heterocycles. The highest BCUT2D eigenvalue weighted by Gasteiger charge is 2.22. The summed E-state index contributed by atoms with van der Waals surface area (Å²) in [7, 11) is 0. The molecule has 1 aliphatic rings. The molecule has 3 heterocycles. The average Bonchev–Trinajstić information content (AvgIpc) is 2.91. The van der Waals surface area contributed by atoms with E-state index >= 15 is 0 Å². The highest BCUT2D eigenvalue weighted by molar-refractivity contribution is 5.27. The standard InChI is InChI=1S/C16H23N5O/c1-10(2)16-19-15-7-5-12(9-21(15)20-16)17-8-13-14(22)6-4-11(3)18-13/h4,6,10,12,17,22H,5,7-9H2,1-3H3/t12-/m1/s1. The van der Waals surface area contributed by atoms with Crippen molar-refractivity contribution >= 4 is 0 Å². The Morgan fingerprint density at radius 1 is 1.36 bits per heavy atom. The van der Waals surface area contributed by atoms with Gasteiger partial charge in [-0.15, -0.1) is 0 Å². The molecule has 0 radical (unpaired) electrons. The summed E-state index contributed by atoms with van der Waals surface area (Å²) in [6, 6.07) is 3.84. The van der Waals surface area contributed by atoms with E-state index in [1.54, 1.807) is 6.07 Å². The number of pyridine rings is 1. The van der Waals surface area contributed by atoms with Crippen LogP contribution in [0.1, 0.15) is 49.2 Å². The van der Waals surface area contributed by atoms with E-state index in [1.165, 1.54) is 0 Å². The minimum atomic E-state index is 0.248. The number of aromatic nitrogens is 4. The molecule has 2 aromatic heterocycles. The third-order valence-corrected chi connectivity index (χ3v) is 4.04. The number of hydrogen-bond donors (Lipinski definition) is 2. The fourth-order valence-corrected chi connectivity index (χ4v) is 2.71. The van der Waals surface area contributed by atoms with Gasteiger partial charge in [0.2, 0.25) is 0 Å². The largest absolute Gasteiger partial charge is 0.506 e. The zero-order chi connectivity index (χ0) is 15.7. The van der Waals surface area contributed by atoms with Gasteiger partial charge in [0, 0.05) is 30.6 Å². The summed E-state index contributed by atoms with van der Waals surface area (Å²) < 4.78 is 2.01. The minimum Gasteiger partial charge on any atom is -0.506 e. The second-order valence-electron chi connectivity index (χ2n) is 6.26. The Morgan fingerprint density at radius 3 is 2.95 bits per heavy atom. The predicted octanol–water partition coefficient (Wildman–Crippen LogP) is 1.92. The van der Waals surface area contributed by atoms with E-state index in [9.17, 15) is 5.11 Å². The molecule has 0 saturated carbocycles. The number of aromatic hydroxyl groups is 1. The molecule has 2 aromatic rings. The third kappa shape index (κ3) is 3.11. The molecule has 6 nitrogen and oxygen atoms in total. The van der Waals surface area contributed by atoms with Crippen molar-refractivity contribution in [2.45, 2.75) is 58.7 Å². The first-order valence-corrected chi connectivity index (χ1v) is 7.85. The van der Waals surface area contributed by atoms with E-state index < -0.39 is 0 Å². The normalized spacial score (nSPS) is 17.7. The van der Waals surface area contributed by atoms with Gasteiger partial charge in [-0.25, -0.2) is 9.67 Å². The number of aryl methyl sites for hydroxylation is 2. The monoisotopic (exact) mass is 301 g/mol. The maximum atomic E-state index is 9.86. The molecule has 2 N–H and O–H groups in total. The lowest BCUT2D eigenvalue weighted by Crippen LogP contribution is -2.37. The van der Waals surface area contributed by atoms with Crippen molar-refractivity contribution in [3.05, 3.63) is 35.2 Å². The van der Waals surface area contributed by atoms with Crippen molar-refractivity contribution in [3.63, 3.8) is 0 Å². The highest BCUT2D eigenvalue weighted by Crippen LogP contribution is 2.18. The van der Waals surface area contributed by atoms with Gasteiger partial charge >= 0.3 is 0 Å². The molecule has 0 bridgehead atoms. The molecule has 1 aliphatic heterocycles. The third-order valence-electron chi connectivity index (χ3n) is 4.04. The summed E-state index contributed by atoms with van der Waals surface area (Å²) in [5.74, 6) is 2.61. The Morgan fingerprint density at radius 2 is 2.18 bits per heavy atom. The first-order chi connectivity index (χ1) is 10.5. The van der Waals surface area contributed by atoms with E-state index in [0.717, 1.165) is 36.7 Å². The van der Waals surface area contributed by atoms with Crippen molar-refractivity contribution in [1.29, 1.82) is 0 Å². The van der Waals surface area contributed by atoms with Crippen LogP contribution in [0.25, 0.3) is 0 Å². The topological polar surface area (TPSA) is 75.9 Å². The fraction of sp³-hybridized carbons (Fsp3) is 0.562. The maximum Gasteiger partial charge on any atom is 0.153 e. The van der Waals surface area contributed by atoms with Gasteiger partial charge in [-0.05, 0) is 25.5 Å². The van der Waals surface area contributed by atoms with E-state index in [-0.39, 0.29) is 5.75 Å². The van der Waals surface area contributed by atoms with Crippen LogP contribution < -0.4 is 5.32 Å². The molecular formula is C16H23N5O. The maximum absolute atomic E-state index is 9.86. The lowest BCUT2D eigenvalue weighted by atomic mass is 10.1. The Hall–Kier alpha value is -1.95. The zero-order valence-electron chi connectivity index (χ0n) is 13.4. The Labute approximate surface area is 130 Å². The zero-order valence-corrected chi connectivity index (χ0v) is 13.4. The van der Waals surface area contributed by atoms with E-state index in [4.69, 9.17) is 0 Å². The minimum absolute atomic E-state index is 0.248. The van der Waals surface area contributed by atoms with E-state index in [0.29, 0.717) is 24.2 Å². The number of hydrogen-bond acceptors (Lipinski definition) is 5. The van der Waals surface area contributed by atoms with Crippen LogP contribution in [-0.2, 0) is 19.5 Å². The molecule has 0 spiro atoms. The Bertz CT molecular complexity index is 665. The fourth-order valence-electron chi connectivity index (χ4n) is 2.71. The van der Waals surface area contributed by atoms with Crippen LogP contribution in [0.5, 0.6) is 5.75 Å². The molecule has 118 valence electrons. The van der Waals surface area contributed by atoms with Gasteiger partial charge in [-0.2, -0.15) is 5.10 Å². The van der Waals surface area contributed by atoms with Crippen molar-refractivity contribution in [3.8, 4) is 5.75 Å². The van der Waals surface area contributed by atoms with Crippen LogP contribution in [0.3, 0.4) is 0 Å². The summed E-state index contributed by atoms with van der Waals surface area (Å²) in [6.07, 6.45) is 1.97. The summed E-state index contributed by atoms with van der Waals surface area (Å²) in [6.45, 7) is 7.55. The van der Waals surface area contributed by atoms with Gasteiger partial charge in [0.25, 0.3) is 0 Å². The number of fused-ring (bicyclic) bond motifs is 1. The first-order valence-electron chi connectivity index (χ1n) is 7.85. The smallest absolute Gasteiger partial charge is 0.153 e. The summed E-state index contributed by atoms with van der Waals surface area (Å²) in [5.41, 5.74) is 1.62. The molecule has 6 heteroatoms. The molecule has 0 unspecified atom stereocenters. The van der Waals surface area contributed by atoms with Gasteiger partial charge in [0.05, 0.1) is 12.2 Å². The quantitative estimate of drug-likeness (QED) is 0.902. The SMILES string of the molecule is Cc1ccc(O)c(CN[C@@H]2CCc3nc(C(C)C)nn3C2)n1. The van der Waals surface area contributed by atoms with Crippen LogP contribution >= 0.6 is 0 Å². The lowest BCUT2D eigenvalue weighted by Gasteiger charge is -2.23. The highest BCUT2D eigenvalue weighted by atomic mass is 16.3. The van der Waals surface area contributed by atoms with Gasteiger partial charge in [-0.3, -0.25) is 4.98 Å². The van der Waals surface area contributed by atoms with Crippen molar-refractivity contribution in [2.24, 2.45) is 0 Å². The van der Waals surface area contributed by atoms with Crippen LogP contribution in [0.2, 0.25) is 0 Å². The molecule has 3 rings (SSSR count). The van der Waals surface area contributed by atoms with Crippen molar-refractivity contribution in [2.75, 3.05) is 0 Å². The summed E-state index contributed by atoms with van der Waals surface area (Å²) >= 11 is 0. The predicted molar refractivity (Wildman–Crippen MR) is 83.7 cm³/mol. The van der Waals surface area contributed by atoms with E-state index in [1.807, 2.05) is 17.7 Å². The Kier molecular flexibility index (Phi) is 4.11. The van der Waals surface area contributed by atoms with Gasteiger partial charge in [-0.1, -0.05) is 13.8 Å². The first kappa shape index (κ1) is 15.0. The molecule has 0 aliphatic carbocycles. The van der Waals surface area contributed by atoms with Gasteiger partial charge in [0.1, 0.15) is 11.6 Å². The second kappa shape index (κ2) is 6.04. The lowest BCUT2D eigenvalue weighted by molar-refractivity contribution is 0.352. The second-order valence-corrected chi connectivity index (χ2v) is 6.26. The van der Waals surface area contributed by atoms with Gasteiger partial charge < -0.3 is 10.4 Å². The molecule has 1 atom stereocenters. The number of rotatable bonds is 4. The van der Waals surface area contributed by atoms with Gasteiger partial charge in [0.15, 0.2) is 5.82 Å². The molecule has 0 aromatic carbocycles. The van der Waals surface area contributed by atoms with Crippen molar-refractivity contribution < 1.29 is 5.11 Å². The summed E-state index contributed by atoms with van der Waals surface area (Å²) in [4.78, 5) is 8.98. The molecule has 0 amide bonds. The van der Waals surface area contributed by atoms with Crippen LogP contribution in [0, 0.1) is 6.92 Å². The van der Waals surface area contributed by atoms with Crippen LogP contribution in [0.4, 0.5) is 0 Å². The van der Waals surface area contributed by atoms with E-state index in [2.05, 4.69) is 34.2 Å². The molecule has 22 heavy (non-hydrogen) atoms. The Balaban J connectivity index is 1.64. The van der Waals surface area contributed by atoms with Crippen molar-refractivity contribution in [1.82, 2.24) is 25.1 Å². The summed E-state index contributed by atoms with van der Waals surface area (Å²) in [5, 5.41) is 17.9. The molecule has 0 fully saturated rings. The van der Waals surface area contributed by atoms with Crippen LogP contribution in [-0.4, -0.2) is 30.9 Å². The average molecular weight is 301 g/mol. The number of nitrogens with zero attached hydrogens (tertiary/aromatic N) is 4. The number of nitrogens with one attached hydrogen (secondary N) is 1.